The summed E-state index contributed by atoms with van der Waals surface area (Å²) in [4.78, 5) is 23.7. The fraction of sp³-hybridized carbons (Fsp3) is 0.259. The highest BCUT2D eigenvalue weighted by molar-refractivity contribution is 5.91. The zero-order valence-electron chi connectivity index (χ0n) is 19.1. The molecule has 0 atom stereocenters. The molecule has 7 heteroatoms. The molecule has 34 heavy (non-hydrogen) atoms. The average Bonchev–Trinajstić information content (AvgIpc) is 3.39. The summed E-state index contributed by atoms with van der Waals surface area (Å²) in [7, 11) is 0. The van der Waals surface area contributed by atoms with Gasteiger partial charge in [0, 0.05) is 42.2 Å². The zero-order valence-corrected chi connectivity index (χ0v) is 19.1. The molecule has 0 unspecified atom stereocenters. The van der Waals surface area contributed by atoms with Crippen molar-refractivity contribution in [2.75, 3.05) is 25.0 Å². The van der Waals surface area contributed by atoms with Crippen LogP contribution in [0.25, 0.3) is 33.8 Å². The molecule has 5 rings (SSSR count). The van der Waals surface area contributed by atoms with E-state index in [1.54, 1.807) is 12.4 Å². The van der Waals surface area contributed by atoms with E-state index >= 15 is 0 Å². The Balaban J connectivity index is 1.26. The number of hydrogen-bond donors (Lipinski definition) is 2. The van der Waals surface area contributed by atoms with Crippen LogP contribution in [0.15, 0.2) is 73.2 Å². The van der Waals surface area contributed by atoms with Gasteiger partial charge in [0.1, 0.15) is 0 Å². The summed E-state index contributed by atoms with van der Waals surface area (Å²) in [6.07, 6.45) is 9.69. The number of amides is 1. The second kappa shape index (κ2) is 10.4. The van der Waals surface area contributed by atoms with Gasteiger partial charge in [-0.25, -0.2) is 0 Å². The Hall–Kier alpha value is -3.84. The molecule has 1 amide bonds. The summed E-state index contributed by atoms with van der Waals surface area (Å²) in [6, 6.07) is 17.7. The number of carbonyl (C=O) groups is 1. The average molecular weight is 453 g/mol. The smallest absolute Gasteiger partial charge is 0.225 e. The summed E-state index contributed by atoms with van der Waals surface area (Å²) in [5.74, 6) is 0.0560. The highest BCUT2D eigenvalue weighted by atomic mass is 16.1. The lowest BCUT2D eigenvalue weighted by atomic mass is 10.0. The van der Waals surface area contributed by atoms with Gasteiger partial charge in [0.05, 0.1) is 23.3 Å². The molecule has 0 radical (unpaired) electrons. The van der Waals surface area contributed by atoms with Gasteiger partial charge in [0.2, 0.25) is 5.91 Å². The molecule has 172 valence electrons. The third-order valence-corrected chi connectivity index (χ3v) is 6.20. The highest BCUT2D eigenvalue weighted by Gasteiger charge is 2.13. The monoisotopic (exact) mass is 452 g/mol. The predicted molar refractivity (Wildman–Crippen MR) is 134 cm³/mol. The molecule has 0 bridgehead atoms. The van der Waals surface area contributed by atoms with Gasteiger partial charge in [0.15, 0.2) is 0 Å². The van der Waals surface area contributed by atoms with Crippen LogP contribution < -0.4 is 5.32 Å². The molecular formula is C27H28N6O. The number of pyridine rings is 2. The first-order valence-electron chi connectivity index (χ1n) is 11.8. The minimum absolute atomic E-state index is 0.0560. The third kappa shape index (κ3) is 5.21. The van der Waals surface area contributed by atoms with Crippen LogP contribution in [0.1, 0.15) is 25.7 Å². The highest BCUT2D eigenvalue weighted by Crippen LogP contribution is 2.31. The van der Waals surface area contributed by atoms with Crippen molar-refractivity contribution in [1.29, 1.82) is 0 Å². The standard InChI is InChI=1S/C27H28N6O/c34-26(12-17-33-15-4-1-5-16-33)31-22-9-7-20(8-10-22)25-18-21(11-14-29-25)23-19-30-32-27(23)24-6-2-3-13-28-24/h2-3,6-11,13-14,18-19H,1,4-5,12,15-17H2,(H,30,32)(H,31,34). The van der Waals surface area contributed by atoms with Crippen molar-refractivity contribution in [2.24, 2.45) is 0 Å². The fourth-order valence-electron chi connectivity index (χ4n) is 4.36. The number of H-pyrrole nitrogens is 1. The Labute approximate surface area is 199 Å². The van der Waals surface area contributed by atoms with Crippen LogP contribution in [0, 0.1) is 0 Å². The molecule has 0 spiro atoms. The SMILES string of the molecule is O=C(CCN1CCCCC1)Nc1ccc(-c2cc(-c3cn[nH]c3-c3ccccn3)ccn2)cc1. The third-order valence-electron chi connectivity index (χ3n) is 6.20. The van der Waals surface area contributed by atoms with Crippen LogP contribution in [0.3, 0.4) is 0 Å². The molecule has 2 N–H and O–H groups in total. The van der Waals surface area contributed by atoms with E-state index in [9.17, 15) is 4.79 Å². The number of nitrogens with zero attached hydrogens (tertiary/aromatic N) is 4. The minimum atomic E-state index is 0.0560. The van der Waals surface area contributed by atoms with Crippen LogP contribution in [0.5, 0.6) is 0 Å². The summed E-state index contributed by atoms with van der Waals surface area (Å²) in [5, 5.41) is 10.3. The molecule has 3 aromatic heterocycles. The maximum absolute atomic E-state index is 12.4. The topological polar surface area (TPSA) is 86.8 Å². The van der Waals surface area contributed by atoms with Crippen LogP contribution in [0.4, 0.5) is 5.69 Å². The van der Waals surface area contributed by atoms with Crippen molar-refractivity contribution in [3.63, 3.8) is 0 Å². The maximum atomic E-state index is 12.4. The Morgan fingerprint density at radius 2 is 1.74 bits per heavy atom. The molecule has 1 aliphatic heterocycles. The molecule has 4 aromatic rings. The molecule has 1 aromatic carbocycles. The van der Waals surface area contributed by atoms with Crippen LogP contribution in [0.2, 0.25) is 0 Å². The van der Waals surface area contributed by atoms with E-state index in [1.807, 2.05) is 60.8 Å². The number of carbonyl (C=O) groups excluding carboxylic acids is 1. The van der Waals surface area contributed by atoms with E-state index in [4.69, 9.17) is 0 Å². The van der Waals surface area contributed by atoms with E-state index in [1.165, 1.54) is 19.3 Å². The van der Waals surface area contributed by atoms with Gasteiger partial charge in [-0.3, -0.25) is 19.9 Å². The van der Waals surface area contributed by atoms with E-state index in [2.05, 4.69) is 30.4 Å². The number of aromatic nitrogens is 4. The number of benzene rings is 1. The van der Waals surface area contributed by atoms with Crippen molar-refractivity contribution in [3.8, 4) is 33.8 Å². The Kier molecular flexibility index (Phi) is 6.72. The zero-order chi connectivity index (χ0) is 23.2. The minimum Gasteiger partial charge on any atom is -0.326 e. The van der Waals surface area contributed by atoms with Crippen molar-refractivity contribution in [3.05, 3.63) is 73.2 Å². The van der Waals surface area contributed by atoms with Gasteiger partial charge in [-0.05, 0) is 67.9 Å². The summed E-state index contributed by atoms with van der Waals surface area (Å²) >= 11 is 0. The van der Waals surface area contributed by atoms with E-state index in [0.29, 0.717) is 6.42 Å². The van der Waals surface area contributed by atoms with Crippen molar-refractivity contribution >= 4 is 11.6 Å². The van der Waals surface area contributed by atoms with Gasteiger partial charge < -0.3 is 10.2 Å². The Morgan fingerprint density at radius 3 is 2.53 bits per heavy atom. The summed E-state index contributed by atoms with van der Waals surface area (Å²) < 4.78 is 0. The molecule has 4 heterocycles. The second-order valence-electron chi connectivity index (χ2n) is 8.58. The molecule has 7 nitrogen and oxygen atoms in total. The lowest BCUT2D eigenvalue weighted by Crippen LogP contribution is -2.32. The van der Waals surface area contributed by atoms with E-state index in [0.717, 1.165) is 59.1 Å². The Bertz CT molecular complexity index is 1230. The molecule has 1 aliphatic rings. The number of piperidine rings is 1. The quantitative estimate of drug-likeness (QED) is 0.411. The van der Waals surface area contributed by atoms with Gasteiger partial charge in [-0.15, -0.1) is 0 Å². The van der Waals surface area contributed by atoms with Gasteiger partial charge in [-0.1, -0.05) is 24.6 Å². The lowest BCUT2D eigenvalue weighted by Gasteiger charge is -2.25. The van der Waals surface area contributed by atoms with Crippen molar-refractivity contribution in [2.45, 2.75) is 25.7 Å². The summed E-state index contributed by atoms with van der Waals surface area (Å²) in [6.45, 7) is 3.04. The maximum Gasteiger partial charge on any atom is 0.225 e. The van der Waals surface area contributed by atoms with E-state index in [-0.39, 0.29) is 5.91 Å². The first kappa shape index (κ1) is 22.0. The number of likely N-dealkylation sites (tertiary alicyclic amines) is 1. The van der Waals surface area contributed by atoms with Crippen molar-refractivity contribution in [1.82, 2.24) is 25.1 Å². The molecule has 0 saturated carbocycles. The number of rotatable bonds is 7. The van der Waals surface area contributed by atoms with Crippen molar-refractivity contribution < 1.29 is 4.79 Å². The number of anilines is 1. The molecular weight excluding hydrogens is 424 g/mol. The number of nitrogens with one attached hydrogen (secondary N) is 2. The predicted octanol–water partition coefficient (Wildman–Crippen LogP) is 5.02. The van der Waals surface area contributed by atoms with Crippen LogP contribution >= 0.6 is 0 Å². The van der Waals surface area contributed by atoms with Gasteiger partial charge in [0.25, 0.3) is 0 Å². The molecule has 0 aliphatic carbocycles. The first-order chi connectivity index (χ1) is 16.8. The van der Waals surface area contributed by atoms with E-state index < -0.39 is 0 Å². The second-order valence-corrected chi connectivity index (χ2v) is 8.58. The van der Waals surface area contributed by atoms with Gasteiger partial charge >= 0.3 is 0 Å². The fourth-order valence-corrected chi connectivity index (χ4v) is 4.36. The van der Waals surface area contributed by atoms with Gasteiger partial charge in [-0.2, -0.15) is 5.10 Å². The number of hydrogen-bond acceptors (Lipinski definition) is 5. The summed E-state index contributed by atoms with van der Waals surface area (Å²) in [5.41, 5.74) is 6.34. The van der Waals surface area contributed by atoms with Crippen LogP contribution in [-0.2, 0) is 4.79 Å². The molecule has 1 fully saturated rings. The number of aromatic amines is 1. The lowest BCUT2D eigenvalue weighted by molar-refractivity contribution is -0.116. The van der Waals surface area contributed by atoms with Crippen LogP contribution in [-0.4, -0.2) is 50.6 Å². The Morgan fingerprint density at radius 1 is 0.912 bits per heavy atom. The molecule has 1 saturated heterocycles. The first-order valence-corrected chi connectivity index (χ1v) is 11.8. The largest absolute Gasteiger partial charge is 0.326 e. The normalized spacial score (nSPS) is 14.1.